The van der Waals surface area contributed by atoms with Crippen LogP contribution >= 0.6 is 11.3 Å². The molecular formula is C11H17N3O3S2. The van der Waals surface area contributed by atoms with Crippen LogP contribution in [0, 0.1) is 0 Å². The summed E-state index contributed by atoms with van der Waals surface area (Å²) in [4.78, 5) is 14.9. The molecule has 1 atom stereocenters. The molecule has 0 bridgehead atoms. The Morgan fingerprint density at radius 1 is 1.58 bits per heavy atom. The van der Waals surface area contributed by atoms with Crippen LogP contribution in [-0.4, -0.2) is 43.8 Å². The van der Waals surface area contributed by atoms with E-state index >= 15 is 0 Å². The van der Waals surface area contributed by atoms with E-state index in [0.717, 1.165) is 4.88 Å². The van der Waals surface area contributed by atoms with E-state index < -0.39 is 9.84 Å². The highest BCUT2D eigenvalue weighted by molar-refractivity contribution is 7.91. The maximum absolute atomic E-state index is 11.4. The number of nitrogens with one attached hydrogen (secondary N) is 1. The van der Waals surface area contributed by atoms with E-state index in [9.17, 15) is 13.2 Å². The van der Waals surface area contributed by atoms with Crippen molar-refractivity contribution in [1.29, 1.82) is 0 Å². The van der Waals surface area contributed by atoms with Gasteiger partial charge in [-0.1, -0.05) is 0 Å². The van der Waals surface area contributed by atoms with E-state index in [0.29, 0.717) is 17.8 Å². The Balaban J connectivity index is 1.98. The number of hydrogen-bond acceptors (Lipinski definition) is 6. The summed E-state index contributed by atoms with van der Waals surface area (Å²) < 4.78 is 22.9. The quantitative estimate of drug-likeness (QED) is 0.463. The second kappa shape index (κ2) is 5.58. The first-order valence-electron chi connectivity index (χ1n) is 5.91. The van der Waals surface area contributed by atoms with Crippen LogP contribution in [0.3, 0.4) is 0 Å². The summed E-state index contributed by atoms with van der Waals surface area (Å²) >= 11 is 1.37. The van der Waals surface area contributed by atoms with Gasteiger partial charge in [0, 0.05) is 17.5 Å². The van der Waals surface area contributed by atoms with Gasteiger partial charge < -0.3 is 0 Å². The smallest absolute Gasteiger partial charge is 0.275 e. The number of rotatable bonds is 4. The number of carbonyl (C=O) groups is 1. The normalized spacial score (nSPS) is 21.7. The maximum atomic E-state index is 11.4. The Labute approximate surface area is 116 Å². The van der Waals surface area contributed by atoms with Crippen molar-refractivity contribution >= 4 is 27.1 Å². The highest BCUT2D eigenvalue weighted by atomic mass is 32.2. The first kappa shape index (κ1) is 14.4. The van der Waals surface area contributed by atoms with Gasteiger partial charge in [-0.25, -0.2) is 14.3 Å². The molecule has 2 rings (SSSR count). The van der Waals surface area contributed by atoms with E-state index in [2.05, 4.69) is 5.43 Å². The number of amides is 1. The van der Waals surface area contributed by atoms with E-state index in [1.165, 1.54) is 11.3 Å². The molecule has 19 heavy (non-hydrogen) atoms. The lowest BCUT2D eigenvalue weighted by atomic mass is 10.2. The number of thiophene rings is 1. The molecule has 1 saturated heterocycles. The van der Waals surface area contributed by atoms with Crippen LogP contribution in [0.4, 0.5) is 0 Å². The van der Waals surface area contributed by atoms with Gasteiger partial charge in [0.25, 0.3) is 5.91 Å². The van der Waals surface area contributed by atoms with Crippen LogP contribution < -0.4 is 11.3 Å². The Kier molecular flexibility index (Phi) is 4.24. The molecule has 2 heterocycles. The van der Waals surface area contributed by atoms with Crippen LogP contribution in [0.15, 0.2) is 12.1 Å². The van der Waals surface area contributed by atoms with Gasteiger partial charge >= 0.3 is 0 Å². The fraction of sp³-hybridized carbons (Fsp3) is 0.545. The van der Waals surface area contributed by atoms with E-state index in [-0.39, 0.29) is 23.5 Å². The first-order valence-corrected chi connectivity index (χ1v) is 8.55. The van der Waals surface area contributed by atoms with Crippen molar-refractivity contribution in [2.24, 2.45) is 5.84 Å². The zero-order valence-electron chi connectivity index (χ0n) is 10.6. The lowest BCUT2D eigenvalue weighted by Crippen LogP contribution is -2.31. The largest absolute Gasteiger partial charge is 0.297 e. The molecule has 8 heteroatoms. The van der Waals surface area contributed by atoms with Crippen molar-refractivity contribution in [3.05, 3.63) is 21.9 Å². The van der Waals surface area contributed by atoms with E-state index in [4.69, 9.17) is 5.84 Å². The Morgan fingerprint density at radius 3 is 2.89 bits per heavy atom. The summed E-state index contributed by atoms with van der Waals surface area (Å²) in [5, 5.41) is 0. The highest BCUT2D eigenvalue weighted by Crippen LogP contribution is 2.22. The Hall–Kier alpha value is -0.960. The number of nitrogen functional groups attached to an aromatic ring is 1. The molecule has 1 amide bonds. The maximum Gasteiger partial charge on any atom is 0.275 e. The van der Waals surface area contributed by atoms with Crippen LogP contribution in [0.1, 0.15) is 21.0 Å². The van der Waals surface area contributed by atoms with Crippen LogP contribution in [0.5, 0.6) is 0 Å². The average Bonchev–Trinajstić information content (AvgIpc) is 2.94. The van der Waals surface area contributed by atoms with Crippen molar-refractivity contribution in [2.75, 3.05) is 18.6 Å². The minimum absolute atomic E-state index is 0.0684. The zero-order chi connectivity index (χ0) is 14.0. The molecule has 6 nitrogen and oxygen atoms in total. The molecule has 1 aromatic heterocycles. The summed E-state index contributed by atoms with van der Waals surface area (Å²) in [6, 6.07) is 3.66. The molecule has 0 aliphatic carbocycles. The Bertz CT molecular complexity index is 567. The van der Waals surface area contributed by atoms with E-state index in [1.807, 2.05) is 18.0 Å². The van der Waals surface area contributed by atoms with Crippen molar-refractivity contribution in [3.63, 3.8) is 0 Å². The summed E-state index contributed by atoms with van der Waals surface area (Å²) in [6.45, 7) is 0.642. The highest BCUT2D eigenvalue weighted by Gasteiger charge is 2.30. The number of hydrogen-bond donors (Lipinski definition) is 2. The fourth-order valence-corrected chi connectivity index (χ4v) is 4.93. The van der Waals surface area contributed by atoms with Gasteiger partial charge in [0.15, 0.2) is 9.84 Å². The van der Waals surface area contributed by atoms with Crippen molar-refractivity contribution in [1.82, 2.24) is 10.3 Å². The van der Waals surface area contributed by atoms with E-state index in [1.54, 1.807) is 6.07 Å². The molecule has 1 fully saturated rings. The van der Waals surface area contributed by atoms with Crippen LogP contribution in [0.2, 0.25) is 0 Å². The van der Waals surface area contributed by atoms with Gasteiger partial charge in [0.2, 0.25) is 0 Å². The lowest BCUT2D eigenvalue weighted by Gasteiger charge is -2.22. The van der Waals surface area contributed by atoms with Gasteiger partial charge in [-0.05, 0) is 25.6 Å². The first-order chi connectivity index (χ1) is 8.91. The Morgan fingerprint density at radius 2 is 2.32 bits per heavy atom. The summed E-state index contributed by atoms with van der Waals surface area (Å²) in [6.07, 6.45) is 0.681. The van der Waals surface area contributed by atoms with Crippen molar-refractivity contribution < 1.29 is 13.2 Å². The third-order valence-electron chi connectivity index (χ3n) is 3.25. The fourth-order valence-electron chi connectivity index (χ4n) is 2.15. The second-order valence-corrected chi connectivity index (χ2v) is 8.11. The SMILES string of the molecule is CN(Cc1ccc(C(=O)NN)s1)C1CCS(=O)(=O)C1. The molecule has 0 aromatic carbocycles. The van der Waals surface area contributed by atoms with Gasteiger partial charge in [-0.3, -0.25) is 15.1 Å². The molecule has 1 aliphatic rings. The number of sulfone groups is 1. The molecule has 3 N–H and O–H groups in total. The lowest BCUT2D eigenvalue weighted by molar-refractivity contribution is 0.0957. The number of hydrazine groups is 1. The third kappa shape index (κ3) is 3.53. The monoisotopic (exact) mass is 303 g/mol. The third-order valence-corrected chi connectivity index (χ3v) is 6.07. The number of nitrogens with two attached hydrogens (primary N) is 1. The van der Waals surface area contributed by atoms with Gasteiger partial charge in [-0.2, -0.15) is 0 Å². The summed E-state index contributed by atoms with van der Waals surface area (Å²) in [5.41, 5.74) is 2.09. The number of nitrogens with zero attached hydrogens (tertiary/aromatic N) is 1. The summed E-state index contributed by atoms with van der Waals surface area (Å²) in [7, 11) is -0.953. The van der Waals surface area contributed by atoms with Gasteiger partial charge in [-0.15, -0.1) is 11.3 Å². The van der Waals surface area contributed by atoms with Crippen molar-refractivity contribution in [3.8, 4) is 0 Å². The molecule has 1 unspecified atom stereocenters. The van der Waals surface area contributed by atoms with Crippen LogP contribution in [-0.2, 0) is 16.4 Å². The topological polar surface area (TPSA) is 92.5 Å². The molecule has 1 aliphatic heterocycles. The minimum Gasteiger partial charge on any atom is -0.297 e. The molecule has 0 spiro atoms. The molecular weight excluding hydrogens is 286 g/mol. The van der Waals surface area contributed by atoms with Gasteiger partial charge in [0.05, 0.1) is 16.4 Å². The average molecular weight is 303 g/mol. The summed E-state index contributed by atoms with van der Waals surface area (Å²) in [5.74, 6) is 5.27. The number of carbonyl (C=O) groups excluding carboxylic acids is 1. The standard InChI is InChI=1S/C11H17N3O3S2/c1-14(8-4-5-19(16,17)7-8)6-9-2-3-10(18-9)11(15)13-12/h2-3,8H,4-7,12H2,1H3,(H,13,15). The molecule has 0 radical (unpaired) electrons. The molecule has 106 valence electrons. The molecule has 1 aromatic rings. The predicted octanol–water partition coefficient (Wildman–Crippen LogP) is -0.0295. The van der Waals surface area contributed by atoms with Gasteiger partial charge in [0.1, 0.15) is 0 Å². The second-order valence-electron chi connectivity index (χ2n) is 4.71. The zero-order valence-corrected chi connectivity index (χ0v) is 12.3. The predicted molar refractivity (Wildman–Crippen MR) is 74.5 cm³/mol. The van der Waals surface area contributed by atoms with Crippen LogP contribution in [0.25, 0.3) is 0 Å². The minimum atomic E-state index is -2.86. The van der Waals surface area contributed by atoms with Crippen molar-refractivity contribution in [2.45, 2.75) is 19.0 Å². The molecule has 0 saturated carbocycles.